The summed E-state index contributed by atoms with van der Waals surface area (Å²) in [4.78, 5) is 11.3. The topological polar surface area (TPSA) is 17.1 Å². The highest BCUT2D eigenvalue weighted by Gasteiger charge is 2.18. The van der Waals surface area contributed by atoms with Crippen molar-refractivity contribution in [3.63, 3.8) is 0 Å². The smallest absolute Gasteiger partial charge is 0.137 e. The predicted octanol–water partition coefficient (Wildman–Crippen LogP) is 2.66. The summed E-state index contributed by atoms with van der Waals surface area (Å²) in [5, 5.41) is 0. The van der Waals surface area contributed by atoms with Crippen molar-refractivity contribution in [2.45, 2.75) is 26.2 Å². The zero-order chi connectivity index (χ0) is 9.42. The number of hydrogen-bond donors (Lipinski definition) is 0. The van der Waals surface area contributed by atoms with Crippen LogP contribution in [0.2, 0.25) is 0 Å². The molecule has 1 aliphatic rings. The Morgan fingerprint density at radius 3 is 2.77 bits per heavy atom. The summed E-state index contributed by atoms with van der Waals surface area (Å²) in [5.41, 5.74) is 4.02. The van der Waals surface area contributed by atoms with E-state index in [0.29, 0.717) is 12.2 Å². The van der Waals surface area contributed by atoms with Gasteiger partial charge in [0, 0.05) is 16.4 Å². The quantitative estimate of drug-likeness (QED) is 0.670. The molecule has 0 spiro atoms. The van der Waals surface area contributed by atoms with E-state index >= 15 is 0 Å². The number of aryl methyl sites for hydroxylation is 1. The van der Waals surface area contributed by atoms with Gasteiger partial charge in [0.25, 0.3) is 0 Å². The molecule has 2 heteroatoms. The monoisotopic (exact) mass is 286 g/mol. The predicted molar refractivity (Wildman–Crippen MR) is 60.9 cm³/mol. The molecule has 1 aromatic carbocycles. The Labute approximate surface area is 91.7 Å². The Bertz CT molecular complexity index is 369. The highest BCUT2D eigenvalue weighted by molar-refractivity contribution is 14.1. The lowest BCUT2D eigenvalue weighted by Crippen LogP contribution is -2.15. The number of benzene rings is 1. The van der Waals surface area contributed by atoms with Crippen molar-refractivity contribution in [1.82, 2.24) is 0 Å². The lowest BCUT2D eigenvalue weighted by atomic mass is 9.88. The van der Waals surface area contributed by atoms with Gasteiger partial charge >= 0.3 is 0 Å². The third kappa shape index (κ3) is 1.64. The minimum absolute atomic E-state index is 0.385. The second-order valence-corrected chi connectivity index (χ2v) is 4.70. The van der Waals surface area contributed by atoms with E-state index in [4.69, 9.17) is 0 Å². The molecular formula is C11H11IO. The van der Waals surface area contributed by atoms with E-state index in [9.17, 15) is 4.79 Å². The normalized spacial score (nSPS) is 15.7. The molecule has 1 aliphatic carbocycles. The van der Waals surface area contributed by atoms with Crippen molar-refractivity contribution < 1.29 is 4.79 Å². The van der Waals surface area contributed by atoms with E-state index in [-0.39, 0.29) is 0 Å². The summed E-state index contributed by atoms with van der Waals surface area (Å²) in [7, 11) is 0. The summed E-state index contributed by atoms with van der Waals surface area (Å²) in [5.74, 6) is 0.385. The average Bonchev–Trinajstić information content (AvgIpc) is 2.12. The average molecular weight is 286 g/mol. The van der Waals surface area contributed by atoms with Crippen molar-refractivity contribution in [3.05, 3.63) is 32.4 Å². The lowest BCUT2D eigenvalue weighted by molar-refractivity contribution is -0.118. The Morgan fingerprint density at radius 1 is 1.23 bits per heavy atom. The summed E-state index contributed by atoms with van der Waals surface area (Å²) in [6, 6.07) is 4.25. The van der Waals surface area contributed by atoms with Crippen LogP contribution in [0.3, 0.4) is 0 Å². The van der Waals surface area contributed by atoms with E-state index in [2.05, 4.69) is 41.6 Å². The number of halogens is 1. The highest BCUT2D eigenvalue weighted by Crippen LogP contribution is 2.26. The van der Waals surface area contributed by atoms with Crippen LogP contribution in [0.15, 0.2) is 12.1 Å². The molecule has 0 aromatic heterocycles. The molecule has 68 valence electrons. The van der Waals surface area contributed by atoms with E-state index in [0.717, 1.165) is 12.8 Å². The fourth-order valence-electron chi connectivity index (χ4n) is 1.87. The van der Waals surface area contributed by atoms with Gasteiger partial charge in [-0.25, -0.2) is 0 Å². The van der Waals surface area contributed by atoms with Crippen LogP contribution in [0.4, 0.5) is 0 Å². The summed E-state index contributed by atoms with van der Waals surface area (Å²) in [6.07, 6.45) is 2.32. The maximum atomic E-state index is 11.3. The zero-order valence-corrected chi connectivity index (χ0v) is 9.72. The van der Waals surface area contributed by atoms with Crippen molar-refractivity contribution >= 4 is 28.4 Å². The van der Waals surface area contributed by atoms with Crippen LogP contribution in [-0.2, 0) is 17.6 Å². The van der Waals surface area contributed by atoms with Crippen LogP contribution in [0.1, 0.15) is 23.1 Å². The van der Waals surface area contributed by atoms with Gasteiger partial charge < -0.3 is 0 Å². The molecule has 0 radical (unpaired) electrons. The fraction of sp³-hybridized carbons (Fsp3) is 0.364. The number of hydrogen-bond acceptors (Lipinski definition) is 1. The first-order valence-electron chi connectivity index (χ1n) is 4.47. The SMILES string of the molecule is Cc1ccc(I)c2c1CCC(=O)C2. The summed E-state index contributed by atoms with van der Waals surface area (Å²) < 4.78 is 1.24. The maximum Gasteiger partial charge on any atom is 0.137 e. The Balaban J connectivity index is 2.57. The van der Waals surface area contributed by atoms with Gasteiger partial charge in [0.15, 0.2) is 0 Å². The Kier molecular flexibility index (Phi) is 2.41. The van der Waals surface area contributed by atoms with Gasteiger partial charge in [0.2, 0.25) is 0 Å². The third-order valence-corrected chi connectivity index (χ3v) is 3.65. The molecule has 0 saturated heterocycles. The number of rotatable bonds is 0. The Hall–Kier alpha value is -0.380. The third-order valence-electron chi connectivity index (χ3n) is 2.64. The van der Waals surface area contributed by atoms with Crippen LogP contribution in [-0.4, -0.2) is 5.78 Å². The standard InChI is InChI=1S/C11H11IO/c1-7-2-5-11(12)10-6-8(13)3-4-9(7)10/h2,5H,3-4,6H2,1H3. The first kappa shape index (κ1) is 9.19. The fourth-order valence-corrected chi connectivity index (χ4v) is 2.57. The van der Waals surface area contributed by atoms with Crippen LogP contribution < -0.4 is 0 Å². The maximum absolute atomic E-state index is 11.3. The van der Waals surface area contributed by atoms with Gasteiger partial charge in [0.05, 0.1) is 0 Å². The van der Waals surface area contributed by atoms with Crippen molar-refractivity contribution in [2.24, 2.45) is 0 Å². The van der Waals surface area contributed by atoms with Gasteiger partial charge in [-0.3, -0.25) is 4.79 Å². The van der Waals surface area contributed by atoms with Gasteiger partial charge in [-0.2, -0.15) is 0 Å². The molecule has 1 nitrogen and oxygen atoms in total. The van der Waals surface area contributed by atoms with Crippen LogP contribution in [0.5, 0.6) is 0 Å². The van der Waals surface area contributed by atoms with Crippen LogP contribution in [0.25, 0.3) is 0 Å². The summed E-state index contributed by atoms with van der Waals surface area (Å²) >= 11 is 2.32. The largest absolute Gasteiger partial charge is 0.299 e. The molecule has 0 atom stereocenters. The number of ketones is 1. The highest BCUT2D eigenvalue weighted by atomic mass is 127. The molecule has 0 fully saturated rings. The first-order chi connectivity index (χ1) is 6.18. The molecular weight excluding hydrogens is 275 g/mol. The number of Topliss-reactive ketones (excluding diaryl/α,β-unsaturated/α-hetero) is 1. The van der Waals surface area contributed by atoms with Crippen molar-refractivity contribution in [1.29, 1.82) is 0 Å². The second kappa shape index (κ2) is 3.40. The molecule has 1 aromatic rings. The molecule has 0 bridgehead atoms. The van der Waals surface area contributed by atoms with Gasteiger partial charge in [-0.15, -0.1) is 0 Å². The number of fused-ring (bicyclic) bond motifs is 1. The first-order valence-corrected chi connectivity index (χ1v) is 5.55. The lowest BCUT2D eigenvalue weighted by Gasteiger charge is -2.18. The minimum Gasteiger partial charge on any atom is -0.299 e. The molecule has 0 amide bonds. The molecule has 0 unspecified atom stereocenters. The van der Waals surface area contributed by atoms with Crippen molar-refractivity contribution in [3.8, 4) is 0 Å². The number of carbonyl (C=O) groups excluding carboxylic acids is 1. The second-order valence-electron chi connectivity index (χ2n) is 3.54. The minimum atomic E-state index is 0.385. The van der Waals surface area contributed by atoms with Gasteiger partial charge in [-0.05, 0) is 58.7 Å². The molecule has 2 rings (SSSR count). The van der Waals surface area contributed by atoms with Gasteiger partial charge in [-0.1, -0.05) is 6.07 Å². The van der Waals surface area contributed by atoms with Crippen LogP contribution in [0, 0.1) is 10.5 Å². The molecule has 0 aliphatic heterocycles. The Morgan fingerprint density at radius 2 is 2.00 bits per heavy atom. The van der Waals surface area contributed by atoms with E-state index in [1.165, 1.54) is 20.3 Å². The molecule has 13 heavy (non-hydrogen) atoms. The summed E-state index contributed by atoms with van der Waals surface area (Å²) in [6.45, 7) is 2.13. The zero-order valence-electron chi connectivity index (χ0n) is 7.56. The van der Waals surface area contributed by atoms with Crippen LogP contribution >= 0.6 is 22.6 Å². The van der Waals surface area contributed by atoms with E-state index in [1.807, 2.05) is 0 Å². The molecule has 0 saturated carbocycles. The molecule has 0 heterocycles. The van der Waals surface area contributed by atoms with Crippen molar-refractivity contribution in [2.75, 3.05) is 0 Å². The molecule has 0 N–H and O–H groups in total. The van der Waals surface area contributed by atoms with E-state index < -0.39 is 0 Å². The van der Waals surface area contributed by atoms with Gasteiger partial charge in [0.1, 0.15) is 5.78 Å². The number of carbonyl (C=O) groups is 1. The van der Waals surface area contributed by atoms with E-state index in [1.54, 1.807) is 0 Å².